The van der Waals surface area contributed by atoms with Gasteiger partial charge in [-0.15, -0.1) is 11.3 Å². The SMILES string of the molecule is c1ccc(-n2c3ccccc3c3ccc(-c4ccc(-n5c6ccccc6c6c7c8ccccc8c8ccccc8c7c7c8ccccc8sc7c65)cc4)cc32)cc1. The Hall–Kier alpha value is -7.20. The van der Waals surface area contributed by atoms with Crippen LogP contribution in [-0.2, 0) is 0 Å². The summed E-state index contributed by atoms with van der Waals surface area (Å²) in [5.74, 6) is 0. The zero-order valence-corrected chi connectivity index (χ0v) is 31.6. The van der Waals surface area contributed by atoms with Crippen LogP contribution in [0.2, 0.25) is 0 Å². The van der Waals surface area contributed by atoms with Gasteiger partial charge in [0.2, 0.25) is 0 Å². The number of hydrogen-bond acceptors (Lipinski definition) is 1. The van der Waals surface area contributed by atoms with Crippen molar-refractivity contribution in [2.24, 2.45) is 0 Å². The highest BCUT2D eigenvalue weighted by molar-refractivity contribution is 7.27. The van der Waals surface area contributed by atoms with E-state index in [1.165, 1.54) is 113 Å². The van der Waals surface area contributed by atoms with Crippen LogP contribution in [-0.4, -0.2) is 9.13 Å². The second-order valence-electron chi connectivity index (χ2n) is 15.2. The highest BCUT2D eigenvalue weighted by Gasteiger charge is 2.25. The van der Waals surface area contributed by atoms with Gasteiger partial charge in [-0.1, -0.05) is 146 Å². The highest BCUT2D eigenvalue weighted by Crippen LogP contribution is 2.51. The standard InChI is InChI=1S/C54H32N2S/c1-2-14-35(15-3-1)55-45-23-11-8-18-39(45)40-31-28-34(32-47(40)55)33-26-29-36(30-27-33)56-46-24-12-9-21-43(46)51-49-41-19-6-4-16-37(41)38-17-5-7-20-42(38)50(49)52-44-22-10-13-25-48(44)57-54(52)53(51)56/h1-32H. The van der Waals surface area contributed by atoms with E-state index in [9.17, 15) is 0 Å². The van der Waals surface area contributed by atoms with E-state index in [4.69, 9.17) is 0 Å². The average Bonchev–Trinajstić information content (AvgIpc) is 3.95. The van der Waals surface area contributed by atoms with E-state index in [0.29, 0.717) is 0 Å². The molecule has 3 heterocycles. The second kappa shape index (κ2) is 11.7. The molecule has 13 rings (SSSR count). The zero-order valence-electron chi connectivity index (χ0n) is 30.8. The molecule has 0 saturated heterocycles. The van der Waals surface area contributed by atoms with Gasteiger partial charge in [-0.3, -0.25) is 0 Å². The molecule has 2 nitrogen and oxygen atoms in total. The maximum Gasteiger partial charge on any atom is 0.0726 e. The Balaban J connectivity index is 1.11. The molecule has 0 saturated carbocycles. The Morgan fingerprint density at radius 1 is 0.298 bits per heavy atom. The van der Waals surface area contributed by atoms with Crippen molar-refractivity contribution in [2.75, 3.05) is 0 Å². The predicted octanol–water partition coefficient (Wildman–Crippen LogP) is 15.4. The lowest BCUT2D eigenvalue weighted by atomic mass is 9.89. The first-order valence-electron chi connectivity index (χ1n) is 19.6. The Kier molecular flexibility index (Phi) is 6.35. The molecule has 0 aliphatic rings. The van der Waals surface area contributed by atoms with Gasteiger partial charge in [0.05, 0.1) is 26.8 Å². The summed E-state index contributed by atoms with van der Waals surface area (Å²) < 4.78 is 7.58. The first kappa shape index (κ1) is 31.1. The van der Waals surface area contributed by atoms with E-state index < -0.39 is 0 Å². The molecule has 0 aliphatic heterocycles. The third kappa shape index (κ3) is 4.24. The first-order valence-corrected chi connectivity index (χ1v) is 20.4. The fraction of sp³-hybridized carbons (Fsp3) is 0. The van der Waals surface area contributed by atoms with Gasteiger partial charge >= 0.3 is 0 Å². The summed E-state index contributed by atoms with van der Waals surface area (Å²) in [6, 6.07) is 71.6. The minimum Gasteiger partial charge on any atom is -0.309 e. The van der Waals surface area contributed by atoms with Crippen LogP contribution in [0.15, 0.2) is 194 Å². The minimum atomic E-state index is 1.16. The average molecular weight is 741 g/mol. The molecule has 3 heteroatoms. The zero-order chi connectivity index (χ0) is 37.2. The van der Waals surface area contributed by atoms with Gasteiger partial charge in [-0.05, 0) is 81.2 Å². The molecule has 0 atom stereocenters. The molecule has 10 aromatic carbocycles. The normalized spacial score (nSPS) is 12.2. The summed E-state index contributed by atoms with van der Waals surface area (Å²) in [5, 5.41) is 15.7. The Labute approximate surface area is 331 Å². The van der Waals surface area contributed by atoms with Gasteiger partial charge < -0.3 is 9.13 Å². The van der Waals surface area contributed by atoms with Crippen LogP contribution in [0.5, 0.6) is 0 Å². The number of thiophene rings is 1. The summed E-state index contributed by atoms with van der Waals surface area (Å²) in [4.78, 5) is 0. The molecule has 264 valence electrons. The van der Waals surface area contributed by atoms with Crippen molar-refractivity contribution < 1.29 is 0 Å². The molecule has 0 amide bonds. The molecule has 13 aromatic rings. The van der Waals surface area contributed by atoms with Gasteiger partial charge in [0, 0.05) is 59.2 Å². The summed E-state index contributed by atoms with van der Waals surface area (Å²) in [7, 11) is 0. The van der Waals surface area contributed by atoms with Crippen LogP contribution >= 0.6 is 11.3 Å². The molecule has 0 N–H and O–H groups in total. The number of hydrogen-bond donors (Lipinski definition) is 0. The van der Waals surface area contributed by atoms with E-state index in [-0.39, 0.29) is 0 Å². The number of rotatable bonds is 3. The van der Waals surface area contributed by atoms with E-state index in [1.807, 2.05) is 11.3 Å². The maximum atomic E-state index is 2.53. The van der Waals surface area contributed by atoms with Crippen LogP contribution in [0, 0.1) is 0 Å². The fourth-order valence-electron chi connectivity index (χ4n) is 9.91. The monoisotopic (exact) mass is 740 g/mol. The lowest BCUT2D eigenvalue weighted by molar-refractivity contribution is 1.18. The van der Waals surface area contributed by atoms with E-state index in [2.05, 4.69) is 203 Å². The number of para-hydroxylation sites is 3. The molecule has 0 radical (unpaired) electrons. The smallest absolute Gasteiger partial charge is 0.0726 e. The molecular formula is C54H32N2S. The van der Waals surface area contributed by atoms with Gasteiger partial charge in [0.15, 0.2) is 0 Å². The van der Waals surface area contributed by atoms with Crippen LogP contribution in [0.4, 0.5) is 0 Å². The Bertz CT molecular complexity index is 3790. The van der Waals surface area contributed by atoms with Gasteiger partial charge in [0.25, 0.3) is 0 Å². The predicted molar refractivity (Wildman–Crippen MR) is 246 cm³/mol. The van der Waals surface area contributed by atoms with Crippen molar-refractivity contribution in [3.8, 4) is 22.5 Å². The Morgan fingerprint density at radius 3 is 1.53 bits per heavy atom. The van der Waals surface area contributed by atoms with Crippen molar-refractivity contribution in [3.05, 3.63) is 194 Å². The van der Waals surface area contributed by atoms with E-state index >= 15 is 0 Å². The summed E-state index contributed by atoms with van der Waals surface area (Å²) in [5.41, 5.74) is 9.66. The summed E-state index contributed by atoms with van der Waals surface area (Å²) >= 11 is 1.92. The second-order valence-corrected chi connectivity index (χ2v) is 16.2. The molecule has 0 unspecified atom stereocenters. The van der Waals surface area contributed by atoms with E-state index in [0.717, 1.165) is 5.69 Å². The number of nitrogens with zero attached hydrogens (tertiary/aromatic N) is 2. The van der Waals surface area contributed by atoms with Gasteiger partial charge in [0.1, 0.15) is 0 Å². The summed E-state index contributed by atoms with van der Waals surface area (Å²) in [6.07, 6.45) is 0. The number of benzene rings is 10. The molecule has 0 fully saturated rings. The van der Waals surface area contributed by atoms with Crippen molar-refractivity contribution >= 4 is 107 Å². The fourth-order valence-corrected chi connectivity index (χ4v) is 11.2. The molecule has 0 bridgehead atoms. The minimum absolute atomic E-state index is 1.16. The van der Waals surface area contributed by atoms with Crippen LogP contribution < -0.4 is 0 Å². The van der Waals surface area contributed by atoms with Crippen LogP contribution in [0.3, 0.4) is 0 Å². The molecular weight excluding hydrogens is 709 g/mol. The first-order chi connectivity index (χ1) is 28.3. The van der Waals surface area contributed by atoms with Gasteiger partial charge in [-0.25, -0.2) is 0 Å². The maximum absolute atomic E-state index is 2.53. The largest absolute Gasteiger partial charge is 0.309 e. The lowest BCUT2D eigenvalue weighted by Crippen LogP contribution is -1.95. The van der Waals surface area contributed by atoms with Gasteiger partial charge in [-0.2, -0.15) is 0 Å². The lowest BCUT2D eigenvalue weighted by Gasteiger charge is -2.15. The number of aromatic nitrogens is 2. The Morgan fingerprint density at radius 2 is 0.807 bits per heavy atom. The van der Waals surface area contributed by atoms with Crippen molar-refractivity contribution in [2.45, 2.75) is 0 Å². The highest BCUT2D eigenvalue weighted by atomic mass is 32.1. The van der Waals surface area contributed by atoms with E-state index in [1.54, 1.807) is 0 Å². The third-order valence-corrected chi connectivity index (χ3v) is 13.4. The third-order valence-electron chi connectivity index (χ3n) is 12.3. The molecule has 0 spiro atoms. The number of fused-ring (bicyclic) bond motifs is 18. The van der Waals surface area contributed by atoms with Crippen LogP contribution in [0.25, 0.3) is 119 Å². The molecule has 57 heavy (non-hydrogen) atoms. The summed E-state index contributed by atoms with van der Waals surface area (Å²) in [6.45, 7) is 0. The molecule has 3 aromatic heterocycles. The topological polar surface area (TPSA) is 9.86 Å². The van der Waals surface area contributed by atoms with Crippen molar-refractivity contribution in [1.82, 2.24) is 9.13 Å². The molecule has 0 aliphatic carbocycles. The van der Waals surface area contributed by atoms with Crippen molar-refractivity contribution in [3.63, 3.8) is 0 Å². The quantitative estimate of drug-likeness (QED) is 0.160. The van der Waals surface area contributed by atoms with Crippen LogP contribution in [0.1, 0.15) is 0 Å². The van der Waals surface area contributed by atoms with Crippen molar-refractivity contribution in [1.29, 1.82) is 0 Å².